The maximum atomic E-state index is 12.7. The molecule has 1 atom stereocenters. The number of carboxylic acids is 1. The van der Waals surface area contributed by atoms with Gasteiger partial charge in [0.1, 0.15) is 0 Å². The molecule has 0 spiro atoms. The third-order valence-electron chi connectivity index (χ3n) is 1.84. The zero-order chi connectivity index (χ0) is 10.9. The van der Waals surface area contributed by atoms with E-state index in [1.165, 1.54) is 6.92 Å². The molecule has 0 amide bonds. The minimum atomic E-state index is -1.83. The summed E-state index contributed by atoms with van der Waals surface area (Å²) in [6.07, 6.45) is -1.83. The van der Waals surface area contributed by atoms with Gasteiger partial charge in [-0.1, -0.05) is 0 Å². The Morgan fingerprint density at radius 2 is 1.86 bits per heavy atom. The van der Waals surface area contributed by atoms with Crippen molar-refractivity contribution in [3.05, 3.63) is 34.9 Å². The Balaban J connectivity index is 3.22. The van der Waals surface area contributed by atoms with Crippen LogP contribution in [0.1, 0.15) is 17.2 Å². The molecule has 1 unspecified atom stereocenters. The van der Waals surface area contributed by atoms with Gasteiger partial charge in [-0.3, -0.25) is 0 Å². The Labute approximate surface area is 78.6 Å². The first-order chi connectivity index (χ1) is 6.43. The van der Waals surface area contributed by atoms with E-state index in [0.717, 1.165) is 6.07 Å². The van der Waals surface area contributed by atoms with Crippen LogP contribution in [0.15, 0.2) is 12.1 Å². The number of rotatable bonds is 2. The van der Waals surface area contributed by atoms with E-state index in [2.05, 4.69) is 0 Å². The van der Waals surface area contributed by atoms with Gasteiger partial charge in [0.05, 0.1) is 0 Å². The molecule has 1 aromatic rings. The number of carboxylic acid groups (broad SMARTS) is 1. The van der Waals surface area contributed by atoms with Crippen molar-refractivity contribution in [2.24, 2.45) is 0 Å². The van der Waals surface area contributed by atoms with Crippen LogP contribution >= 0.6 is 0 Å². The van der Waals surface area contributed by atoms with Gasteiger partial charge in [-0.2, -0.15) is 0 Å². The predicted molar refractivity (Wildman–Crippen MR) is 43.7 cm³/mol. The lowest BCUT2D eigenvalue weighted by Crippen LogP contribution is -2.12. The van der Waals surface area contributed by atoms with E-state index < -0.39 is 23.7 Å². The fourth-order valence-corrected chi connectivity index (χ4v) is 1.09. The average molecular weight is 202 g/mol. The second-order valence-corrected chi connectivity index (χ2v) is 2.86. The topological polar surface area (TPSA) is 57.5 Å². The molecule has 3 nitrogen and oxygen atoms in total. The van der Waals surface area contributed by atoms with Crippen LogP contribution in [-0.2, 0) is 4.79 Å². The highest BCUT2D eigenvalue weighted by atomic mass is 19.2. The molecule has 0 aliphatic heterocycles. The zero-order valence-electron chi connectivity index (χ0n) is 7.29. The first-order valence-electron chi connectivity index (χ1n) is 3.80. The summed E-state index contributed by atoms with van der Waals surface area (Å²) in [6.45, 7) is 1.39. The molecule has 0 aliphatic rings. The lowest BCUT2D eigenvalue weighted by Gasteiger charge is -2.09. The second-order valence-electron chi connectivity index (χ2n) is 2.86. The fraction of sp³-hybridized carbons (Fsp3) is 0.222. The molecule has 0 aliphatic carbocycles. The third kappa shape index (κ3) is 1.88. The van der Waals surface area contributed by atoms with Crippen molar-refractivity contribution in [3.8, 4) is 0 Å². The number of hydrogen-bond acceptors (Lipinski definition) is 2. The van der Waals surface area contributed by atoms with Gasteiger partial charge in [-0.15, -0.1) is 0 Å². The second kappa shape index (κ2) is 3.71. The number of benzene rings is 1. The highest BCUT2D eigenvalue weighted by Crippen LogP contribution is 2.20. The molecule has 0 saturated heterocycles. The van der Waals surface area contributed by atoms with Gasteiger partial charge >= 0.3 is 5.97 Å². The number of aryl methyl sites for hydroxylation is 1. The Morgan fingerprint density at radius 3 is 2.36 bits per heavy atom. The molecule has 0 aromatic heterocycles. The largest absolute Gasteiger partial charge is 0.479 e. The summed E-state index contributed by atoms with van der Waals surface area (Å²) in [5.74, 6) is -3.74. The van der Waals surface area contributed by atoms with E-state index >= 15 is 0 Å². The first kappa shape index (κ1) is 10.6. The van der Waals surface area contributed by atoms with Crippen LogP contribution in [-0.4, -0.2) is 16.2 Å². The molecule has 2 N–H and O–H groups in total. The number of hydrogen-bond donors (Lipinski definition) is 2. The van der Waals surface area contributed by atoms with E-state index in [-0.39, 0.29) is 11.1 Å². The number of carbonyl (C=O) groups is 1. The van der Waals surface area contributed by atoms with Gasteiger partial charge in [-0.05, 0) is 30.2 Å². The van der Waals surface area contributed by atoms with E-state index in [1.807, 2.05) is 0 Å². The van der Waals surface area contributed by atoms with Crippen LogP contribution in [0.3, 0.4) is 0 Å². The van der Waals surface area contributed by atoms with E-state index in [1.54, 1.807) is 0 Å². The van der Waals surface area contributed by atoms with Crippen molar-refractivity contribution >= 4 is 5.97 Å². The molecule has 1 rings (SSSR count). The van der Waals surface area contributed by atoms with E-state index in [0.29, 0.717) is 6.07 Å². The summed E-state index contributed by atoms with van der Waals surface area (Å²) >= 11 is 0. The summed E-state index contributed by atoms with van der Waals surface area (Å²) in [6, 6.07) is 1.53. The third-order valence-corrected chi connectivity index (χ3v) is 1.84. The molecule has 0 radical (unpaired) electrons. The lowest BCUT2D eigenvalue weighted by molar-refractivity contribution is -0.147. The highest BCUT2D eigenvalue weighted by Gasteiger charge is 2.20. The zero-order valence-corrected chi connectivity index (χ0v) is 7.29. The van der Waals surface area contributed by atoms with E-state index in [4.69, 9.17) is 10.2 Å². The summed E-state index contributed by atoms with van der Waals surface area (Å²) in [5, 5.41) is 17.6. The Morgan fingerprint density at radius 1 is 1.36 bits per heavy atom. The summed E-state index contributed by atoms with van der Waals surface area (Å²) in [7, 11) is 0. The number of aliphatic hydroxyl groups is 1. The van der Waals surface area contributed by atoms with Gasteiger partial charge in [0, 0.05) is 0 Å². The molecule has 5 heteroatoms. The quantitative estimate of drug-likeness (QED) is 0.761. The molecule has 0 saturated carbocycles. The molecule has 0 bridgehead atoms. The first-order valence-corrected chi connectivity index (χ1v) is 3.80. The lowest BCUT2D eigenvalue weighted by atomic mass is 10.0. The van der Waals surface area contributed by atoms with Crippen LogP contribution in [0.5, 0.6) is 0 Å². The summed E-state index contributed by atoms with van der Waals surface area (Å²) < 4.78 is 25.3. The molecular formula is C9H8F2O3. The Bertz CT molecular complexity index is 377. The van der Waals surface area contributed by atoms with Crippen molar-refractivity contribution in [1.82, 2.24) is 0 Å². The fourth-order valence-electron chi connectivity index (χ4n) is 1.09. The standard InChI is InChI=1S/C9H8F2O3/c1-4-2-6(10)7(11)3-5(4)8(12)9(13)14/h2-3,8,12H,1H3,(H,13,14). The minimum Gasteiger partial charge on any atom is -0.479 e. The molecule has 14 heavy (non-hydrogen) atoms. The number of aliphatic carboxylic acids is 1. The summed E-state index contributed by atoms with van der Waals surface area (Å²) in [4.78, 5) is 10.4. The molecule has 0 fully saturated rings. The maximum Gasteiger partial charge on any atom is 0.337 e. The monoisotopic (exact) mass is 202 g/mol. The summed E-state index contributed by atoms with van der Waals surface area (Å²) in [5.41, 5.74) is 0.0511. The van der Waals surface area contributed by atoms with Gasteiger partial charge in [0.15, 0.2) is 17.7 Å². The van der Waals surface area contributed by atoms with Crippen LogP contribution in [0.4, 0.5) is 8.78 Å². The van der Waals surface area contributed by atoms with Crippen molar-refractivity contribution in [2.45, 2.75) is 13.0 Å². The Hall–Kier alpha value is -1.49. The Kier molecular flexibility index (Phi) is 2.81. The van der Waals surface area contributed by atoms with Gasteiger partial charge < -0.3 is 10.2 Å². The predicted octanol–water partition coefficient (Wildman–Crippen LogP) is 1.39. The van der Waals surface area contributed by atoms with Crippen LogP contribution in [0.2, 0.25) is 0 Å². The molecule has 1 aromatic carbocycles. The van der Waals surface area contributed by atoms with Crippen molar-refractivity contribution in [1.29, 1.82) is 0 Å². The van der Waals surface area contributed by atoms with Crippen LogP contribution in [0, 0.1) is 18.6 Å². The van der Waals surface area contributed by atoms with Gasteiger partial charge in [0.25, 0.3) is 0 Å². The van der Waals surface area contributed by atoms with Crippen molar-refractivity contribution in [2.75, 3.05) is 0 Å². The SMILES string of the molecule is Cc1cc(F)c(F)cc1C(O)C(=O)O. The van der Waals surface area contributed by atoms with Crippen molar-refractivity contribution < 1.29 is 23.8 Å². The van der Waals surface area contributed by atoms with Gasteiger partial charge in [0.2, 0.25) is 0 Å². The minimum absolute atomic E-state index is 0.142. The molecule has 0 heterocycles. The average Bonchev–Trinajstić information content (AvgIpc) is 2.10. The highest BCUT2D eigenvalue weighted by molar-refractivity contribution is 5.74. The molecule has 76 valence electrons. The van der Waals surface area contributed by atoms with Gasteiger partial charge in [-0.25, -0.2) is 13.6 Å². The number of halogens is 2. The normalized spacial score (nSPS) is 12.6. The van der Waals surface area contributed by atoms with Crippen LogP contribution < -0.4 is 0 Å². The maximum absolute atomic E-state index is 12.7. The number of aliphatic hydroxyl groups excluding tert-OH is 1. The van der Waals surface area contributed by atoms with E-state index in [9.17, 15) is 13.6 Å². The van der Waals surface area contributed by atoms with Crippen LogP contribution in [0.25, 0.3) is 0 Å². The smallest absolute Gasteiger partial charge is 0.337 e. The van der Waals surface area contributed by atoms with Crippen molar-refractivity contribution in [3.63, 3.8) is 0 Å². The molecular weight excluding hydrogens is 194 g/mol.